The maximum Gasteiger partial charge on any atom is 0.222 e. The van der Waals surface area contributed by atoms with Crippen molar-refractivity contribution in [1.29, 1.82) is 0 Å². The molecule has 0 aromatic carbocycles. The predicted octanol–water partition coefficient (Wildman–Crippen LogP) is 0.730. The van der Waals surface area contributed by atoms with Crippen LogP contribution < -0.4 is 5.32 Å². The van der Waals surface area contributed by atoms with Gasteiger partial charge in [0, 0.05) is 76.4 Å². The Morgan fingerprint density at radius 2 is 1.91 bits per heavy atom. The van der Waals surface area contributed by atoms with Crippen LogP contribution in [0, 0.1) is 0 Å². The van der Waals surface area contributed by atoms with E-state index < -0.39 is 0 Å². The molecule has 3 heterocycles. The van der Waals surface area contributed by atoms with Gasteiger partial charge in [-0.05, 0) is 13.5 Å². The number of nitrogens with zero attached hydrogens (tertiary/aromatic N) is 5. The number of fused-ring (bicyclic) bond motifs is 1. The van der Waals surface area contributed by atoms with Crippen LogP contribution in [0.25, 0.3) is 0 Å². The van der Waals surface area contributed by atoms with Crippen molar-refractivity contribution in [2.75, 3.05) is 58.2 Å². The van der Waals surface area contributed by atoms with Crippen molar-refractivity contribution in [3.05, 3.63) is 18.0 Å². The molecule has 0 aliphatic carbocycles. The van der Waals surface area contributed by atoms with Crippen molar-refractivity contribution in [3.63, 3.8) is 0 Å². The molecule has 0 unspecified atom stereocenters. The first kappa shape index (κ1) is 15.6. The lowest BCUT2D eigenvalue weighted by atomic mass is 10.1. The van der Waals surface area contributed by atoms with E-state index in [1.54, 1.807) is 0 Å². The van der Waals surface area contributed by atoms with Crippen LogP contribution in [0.4, 0.5) is 5.95 Å². The quantitative estimate of drug-likeness (QED) is 0.865. The Morgan fingerprint density at radius 3 is 2.68 bits per heavy atom. The number of rotatable bonds is 5. The standard InChI is InChI=1S/C16H28N6/c1-3-4-17-16-18-9-14(10-19-16)11-21-6-8-22-7-5-20(2)12-15(22)13-21/h9-10,15H,3-8,11-13H2,1-2H3,(H,17,18,19)/t15-/m0/s1. The molecule has 1 N–H and O–H groups in total. The average molecular weight is 304 g/mol. The highest BCUT2D eigenvalue weighted by Gasteiger charge is 2.30. The average Bonchev–Trinajstić information content (AvgIpc) is 2.54. The molecule has 6 heteroatoms. The molecule has 2 aliphatic heterocycles. The second-order valence-electron chi connectivity index (χ2n) is 6.53. The Hall–Kier alpha value is -1.24. The Labute approximate surface area is 133 Å². The van der Waals surface area contributed by atoms with E-state index in [0.717, 1.165) is 38.5 Å². The first-order valence-electron chi connectivity index (χ1n) is 8.44. The van der Waals surface area contributed by atoms with Gasteiger partial charge in [0.2, 0.25) is 5.95 Å². The summed E-state index contributed by atoms with van der Waals surface area (Å²) in [7, 11) is 2.23. The zero-order valence-corrected chi connectivity index (χ0v) is 13.8. The van der Waals surface area contributed by atoms with Crippen LogP contribution in [-0.2, 0) is 6.54 Å². The first-order valence-corrected chi connectivity index (χ1v) is 8.44. The van der Waals surface area contributed by atoms with Gasteiger partial charge < -0.3 is 10.2 Å². The number of hydrogen-bond acceptors (Lipinski definition) is 6. The van der Waals surface area contributed by atoms with Gasteiger partial charge in [-0.3, -0.25) is 9.80 Å². The van der Waals surface area contributed by atoms with E-state index >= 15 is 0 Å². The summed E-state index contributed by atoms with van der Waals surface area (Å²) in [5, 5.41) is 3.22. The summed E-state index contributed by atoms with van der Waals surface area (Å²) >= 11 is 0. The first-order chi connectivity index (χ1) is 10.7. The van der Waals surface area contributed by atoms with Gasteiger partial charge in [0.1, 0.15) is 0 Å². The molecule has 122 valence electrons. The van der Waals surface area contributed by atoms with Crippen LogP contribution >= 0.6 is 0 Å². The third kappa shape index (κ3) is 3.94. The molecule has 3 rings (SSSR count). The van der Waals surface area contributed by atoms with E-state index in [9.17, 15) is 0 Å². The molecule has 1 atom stereocenters. The van der Waals surface area contributed by atoms with Crippen molar-refractivity contribution in [2.45, 2.75) is 25.9 Å². The molecule has 2 saturated heterocycles. The highest BCUT2D eigenvalue weighted by Crippen LogP contribution is 2.16. The monoisotopic (exact) mass is 304 g/mol. The smallest absolute Gasteiger partial charge is 0.222 e. The minimum absolute atomic E-state index is 0.680. The van der Waals surface area contributed by atoms with Crippen molar-refractivity contribution in [3.8, 4) is 0 Å². The summed E-state index contributed by atoms with van der Waals surface area (Å²) in [5.41, 5.74) is 1.21. The zero-order valence-electron chi connectivity index (χ0n) is 13.8. The van der Waals surface area contributed by atoms with Gasteiger partial charge in [0.25, 0.3) is 0 Å². The summed E-state index contributed by atoms with van der Waals surface area (Å²) < 4.78 is 0. The van der Waals surface area contributed by atoms with Crippen LogP contribution in [0.5, 0.6) is 0 Å². The molecule has 1 aromatic heterocycles. The summed E-state index contributed by atoms with van der Waals surface area (Å²) in [6, 6.07) is 0.680. The molecular formula is C16H28N6. The highest BCUT2D eigenvalue weighted by atomic mass is 15.3. The molecular weight excluding hydrogens is 276 g/mol. The third-order valence-electron chi connectivity index (χ3n) is 4.62. The molecule has 0 spiro atoms. The summed E-state index contributed by atoms with van der Waals surface area (Å²) in [6.07, 6.45) is 5.01. The van der Waals surface area contributed by atoms with Gasteiger partial charge in [-0.2, -0.15) is 0 Å². The maximum absolute atomic E-state index is 4.41. The lowest BCUT2D eigenvalue weighted by molar-refractivity contribution is 0.0174. The second kappa shape index (κ2) is 7.35. The van der Waals surface area contributed by atoms with Gasteiger partial charge >= 0.3 is 0 Å². The highest BCUT2D eigenvalue weighted by molar-refractivity contribution is 5.24. The number of aromatic nitrogens is 2. The fourth-order valence-electron chi connectivity index (χ4n) is 3.34. The van der Waals surface area contributed by atoms with Crippen LogP contribution in [0.2, 0.25) is 0 Å². The molecule has 6 nitrogen and oxygen atoms in total. The van der Waals surface area contributed by atoms with E-state index in [1.165, 1.54) is 31.7 Å². The number of nitrogens with one attached hydrogen (secondary N) is 1. The fraction of sp³-hybridized carbons (Fsp3) is 0.750. The minimum Gasteiger partial charge on any atom is -0.354 e. The van der Waals surface area contributed by atoms with Gasteiger partial charge in [-0.25, -0.2) is 9.97 Å². The van der Waals surface area contributed by atoms with Crippen LogP contribution in [0.15, 0.2) is 12.4 Å². The third-order valence-corrected chi connectivity index (χ3v) is 4.62. The summed E-state index contributed by atoms with van der Waals surface area (Å²) in [4.78, 5) is 16.4. The topological polar surface area (TPSA) is 47.5 Å². The number of likely N-dealkylation sites (N-methyl/N-ethyl adjacent to an activating group) is 1. The molecule has 2 aliphatic rings. The normalized spacial score (nSPS) is 24.2. The van der Waals surface area contributed by atoms with E-state index in [1.807, 2.05) is 12.4 Å². The van der Waals surface area contributed by atoms with Crippen molar-refractivity contribution in [2.24, 2.45) is 0 Å². The Morgan fingerprint density at radius 1 is 1.14 bits per heavy atom. The Kier molecular flexibility index (Phi) is 5.23. The number of piperazine rings is 2. The Balaban J connectivity index is 1.52. The second-order valence-corrected chi connectivity index (χ2v) is 6.53. The minimum atomic E-state index is 0.680. The molecule has 0 bridgehead atoms. The lowest BCUT2D eigenvalue weighted by Crippen LogP contribution is -2.61. The zero-order chi connectivity index (χ0) is 15.4. The van der Waals surface area contributed by atoms with E-state index in [2.05, 4.69) is 44.0 Å². The van der Waals surface area contributed by atoms with Crippen molar-refractivity contribution < 1.29 is 0 Å². The van der Waals surface area contributed by atoms with Gasteiger partial charge in [-0.15, -0.1) is 0 Å². The maximum atomic E-state index is 4.41. The van der Waals surface area contributed by atoms with Gasteiger partial charge in [-0.1, -0.05) is 6.92 Å². The predicted molar refractivity (Wildman–Crippen MR) is 88.9 cm³/mol. The molecule has 0 amide bonds. The van der Waals surface area contributed by atoms with Gasteiger partial charge in [0.15, 0.2) is 0 Å². The SMILES string of the molecule is CCCNc1ncc(CN2CCN3CCN(C)C[C@H]3C2)cn1. The van der Waals surface area contributed by atoms with Crippen molar-refractivity contribution in [1.82, 2.24) is 24.7 Å². The molecule has 0 radical (unpaired) electrons. The van der Waals surface area contributed by atoms with E-state index in [4.69, 9.17) is 0 Å². The van der Waals surface area contributed by atoms with Crippen LogP contribution in [0.1, 0.15) is 18.9 Å². The van der Waals surface area contributed by atoms with E-state index in [-0.39, 0.29) is 0 Å². The summed E-state index contributed by atoms with van der Waals surface area (Å²) in [6.45, 7) is 11.1. The summed E-state index contributed by atoms with van der Waals surface area (Å²) in [5.74, 6) is 0.740. The van der Waals surface area contributed by atoms with Crippen LogP contribution in [-0.4, -0.2) is 83.6 Å². The molecule has 1 aromatic rings. The van der Waals surface area contributed by atoms with Crippen molar-refractivity contribution >= 4 is 5.95 Å². The number of anilines is 1. The van der Waals surface area contributed by atoms with Crippen LogP contribution in [0.3, 0.4) is 0 Å². The number of hydrogen-bond donors (Lipinski definition) is 1. The van der Waals surface area contributed by atoms with Gasteiger partial charge in [0.05, 0.1) is 0 Å². The molecule has 2 fully saturated rings. The lowest BCUT2D eigenvalue weighted by Gasteiger charge is -2.46. The largest absolute Gasteiger partial charge is 0.354 e. The fourth-order valence-corrected chi connectivity index (χ4v) is 3.34. The molecule has 22 heavy (non-hydrogen) atoms. The van der Waals surface area contributed by atoms with E-state index in [0.29, 0.717) is 6.04 Å². The Bertz CT molecular complexity index is 462. The molecule has 0 saturated carbocycles.